The van der Waals surface area contributed by atoms with E-state index >= 15 is 0 Å². The number of aromatic carboxylic acids is 1. The first kappa shape index (κ1) is 22.2. The van der Waals surface area contributed by atoms with Crippen molar-refractivity contribution >= 4 is 35.2 Å². The average Bonchev–Trinajstić information content (AvgIpc) is 3.12. The number of fused-ring (bicyclic) bond motifs is 1. The molecule has 9 heteroatoms. The minimum Gasteiger partial charge on any atom is -0.478 e. The maximum atomic E-state index is 13.4. The first-order valence-electron chi connectivity index (χ1n) is 10.2. The number of carbonyl (C=O) groups is 2. The third-order valence-electron chi connectivity index (χ3n) is 5.11. The summed E-state index contributed by atoms with van der Waals surface area (Å²) in [7, 11) is 0. The molecule has 1 aromatic heterocycles. The molecule has 4 rings (SSSR count). The number of carboxylic acid groups (broad SMARTS) is 1. The van der Waals surface area contributed by atoms with Crippen molar-refractivity contribution in [3.8, 4) is 0 Å². The van der Waals surface area contributed by atoms with E-state index < -0.39 is 18.0 Å². The van der Waals surface area contributed by atoms with Crippen LogP contribution < -0.4 is 20.2 Å². The van der Waals surface area contributed by atoms with Gasteiger partial charge in [-0.25, -0.2) is 14.6 Å². The van der Waals surface area contributed by atoms with Gasteiger partial charge in [0.15, 0.2) is 4.80 Å². The summed E-state index contributed by atoms with van der Waals surface area (Å²) in [6.45, 7) is 3.67. The molecule has 0 unspecified atom stereocenters. The van der Waals surface area contributed by atoms with Crippen molar-refractivity contribution in [2.45, 2.75) is 19.9 Å². The van der Waals surface area contributed by atoms with Gasteiger partial charge >= 0.3 is 11.9 Å². The van der Waals surface area contributed by atoms with Gasteiger partial charge in [-0.3, -0.25) is 9.36 Å². The lowest BCUT2D eigenvalue weighted by atomic mass is 9.96. The number of allylic oxidation sites excluding steroid dienone is 1. The molecule has 0 saturated heterocycles. The summed E-state index contributed by atoms with van der Waals surface area (Å²) < 4.78 is 7.13. The van der Waals surface area contributed by atoms with Crippen LogP contribution in [-0.2, 0) is 9.53 Å². The fourth-order valence-electron chi connectivity index (χ4n) is 3.63. The molecule has 0 amide bonds. The van der Waals surface area contributed by atoms with Gasteiger partial charge in [-0.2, -0.15) is 0 Å². The maximum absolute atomic E-state index is 13.4. The van der Waals surface area contributed by atoms with Crippen LogP contribution in [0.3, 0.4) is 0 Å². The zero-order chi connectivity index (χ0) is 23.5. The number of hydrogen-bond acceptors (Lipinski definition) is 7. The number of esters is 1. The highest BCUT2D eigenvalue weighted by molar-refractivity contribution is 7.07. The van der Waals surface area contributed by atoms with Gasteiger partial charge in [0.25, 0.3) is 5.56 Å². The minimum atomic E-state index is -1.04. The van der Waals surface area contributed by atoms with E-state index in [1.54, 1.807) is 26.0 Å². The van der Waals surface area contributed by atoms with Crippen molar-refractivity contribution in [2.24, 2.45) is 4.99 Å². The number of thiazole rings is 1. The number of carbonyl (C=O) groups excluding carboxylic acids is 1. The first-order valence-corrected chi connectivity index (χ1v) is 11.1. The smallest absolute Gasteiger partial charge is 0.338 e. The van der Waals surface area contributed by atoms with E-state index in [-0.39, 0.29) is 17.7 Å². The molecule has 0 aliphatic carbocycles. The number of aromatic nitrogens is 1. The fraction of sp³-hybridized carbons (Fsp3) is 0.167. The molecule has 33 heavy (non-hydrogen) atoms. The SMILES string of the molecule is CCOC(=O)C1=C(C)N=c2s/c(=C\Nc3cccc(C(=O)O)c3)c(=O)n2[C@H]1c1ccccc1. The molecule has 2 N–H and O–H groups in total. The Morgan fingerprint density at radius 3 is 2.67 bits per heavy atom. The predicted molar refractivity (Wildman–Crippen MR) is 125 cm³/mol. The maximum Gasteiger partial charge on any atom is 0.338 e. The number of anilines is 1. The fourth-order valence-corrected chi connectivity index (χ4v) is 4.60. The lowest BCUT2D eigenvalue weighted by Crippen LogP contribution is -2.40. The van der Waals surface area contributed by atoms with E-state index in [0.717, 1.165) is 5.56 Å². The van der Waals surface area contributed by atoms with Gasteiger partial charge in [0, 0.05) is 11.9 Å². The number of hydrogen-bond donors (Lipinski definition) is 2. The van der Waals surface area contributed by atoms with Gasteiger partial charge in [0.05, 0.1) is 29.5 Å². The first-order chi connectivity index (χ1) is 15.9. The summed E-state index contributed by atoms with van der Waals surface area (Å²) in [6, 6.07) is 14.9. The van der Waals surface area contributed by atoms with Gasteiger partial charge in [-0.1, -0.05) is 47.7 Å². The van der Waals surface area contributed by atoms with Crippen LogP contribution in [0.25, 0.3) is 6.20 Å². The highest BCUT2D eigenvalue weighted by Gasteiger charge is 2.33. The van der Waals surface area contributed by atoms with Gasteiger partial charge in [0.1, 0.15) is 4.53 Å². The van der Waals surface area contributed by atoms with E-state index in [1.807, 2.05) is 30.3 Å². The Hall–Kier alpha value is -3.98. The highest BCUT2D eigenvalue weighted by atomic mass is 32.1. The van der Waals surface area contributed by atoms with Gasteiger partial charge in [-0.05, 0) is 37.6 Å². The van der Waals surface area contributed by atoms with Crippen molar-refractivity contribution in [1.29, 1.82) is 0 Å². The van der Waals surface area contributed by atoms with Crippen LogP contribution in [0.5, 0.6) is 0 Å². The quantitative estimate of drug-likeness (QED) is 0.544. The zero-order valence-electron chi connectivity index (χ0n) is 17.9. The highest BCUT2D eigenvalue weighted by Crippen LogP contribution is 2.30. The number of rotatable bonds is 6. The van der Waals surface area contributed by atoms with Crippen LogP contribution in [0.4, 0.5) is 5.69 Å². The Morgan fingerprint density at radius 1 is 1.21 bits per heavy atom. The molecule has 2 aromatic carbocycles. The van der Waals surface area contributed by atoms with Crippen LogP contribution >= 0.6 is 11.3 Å². The second-order valence-corrected chi connectivity index (χ2v) is 8.25. The molecule has 0 spiro atoms. The Labute approximate surface area is 192 Å². The summed E-state index contributed by atoms with van der Waals surface area (Å²) in [6.07, 6.45) is 1.52. The van der Waals surface area contributed by atoms with Crippen LogP contribution in [0.2, 0.25) is 0 Å². The predicted octanol–water partition coefficient (Wildman–Crippen LogP) is 2.52. The largest absolute Gasteiger partial charge is 0.478 e. The van der Waals surface area contributed by atoms with Crippen molar-refractivity contribution in [3.05, 3.63) is 96.7 Å². The molecule has 168 valence electrons. The zero-order valence-corrected chi connectivity index (χ0v) is 18.8. The molecular weight excluding hydrogens is 442 g/mol. The molecule has 0 fully saturated rings. The molecule has 0 bridgehead atoms. The summed E-state index contributed by atoms with van der Waals surface area (Å²) in [4.78, 5) is 42.4. The van der Waals surface area contributed by atoms with Crippen molar-refractivity contribution < 1.29 is 19.4 Å². The molecule has 1 aliphatic heterocycles. The number of nitrogens with one attached hydrogen (secondary N) is 1. The molecule has 0 saturated carbocycles. The number of carboxylic acids is 1. The average molecular weight is 464 g/mol. The Bertz CT molecular complexity index is 1440. The molecule has 8 nitrogen and oxygen atoms in total. The second kappa shape index (κ2) is 9.25. The summed E-state index contributed by atoms with van der Waals surface area (Å²) in [5.41, 5.74) is 1.94. The third-order valence-corrected chi connectivity index (χ3v) is 6.09. The second-order valence-electron chi connectivity index (χ2n) is 7.24. The number of ether oxygens (including phenoxy) is 1. The molecule has 2 heterocycles. The standard InChI is InChI=1S/C24H21N3O5S/c1-3-32-23(31)19-14(2)26-24-27(20(19)15-8-5-4-6-9-15)21(28)18(33-24)13-25-17-11-7-10-16(12-17)22(29)30/h4-13,20,25H,3H2,1-2H3,(H,29,30)/b18-13-/t20-/m0/s1. The van der Waals surface area contributed by atoms with Gasteiger partial charge in [0.2, 0.25) is 0 Å². The van der Waals surface area contributed by atoms with Crippen LogP contribution in [0, 0.1) is 0 Å². The van der Waals surface area contributed by atoms with Gasteiger partial charge < -0.3 is 15.2 Å². The Morgan fingerprint density at radius 2 is 1.97 bits per heavy atom. The molecule has 1 atom stereocenters. The number of benzene rings is 2. The van der Waals surface area contributed by atoms with E-state index in [4.69, 9.17) is 4.74 Å². The van der Waals surface area contributed by atoms with Crippen LogP contribution in [-0.4, -0.2) is 28.2 Å². The Balaban J connectivity index is 1.83. The van der Waals surface area contributed by atoms with Crippen molar-refractivity contribution in [1.82, 2.24) is 4.57 Å². The summed E-state index contributed by atoms with van der Waals surface area (Å²) in [5, 5.41) is 12.2. The molecule has 3 aromatic rings. The normalized spacial score (nSPS) is 15.6. The number of nitrogens with zero attached hydrogens (tertiary/aromatic N) is 2. The van der Waals surface area contributed by atoms with Crippen molar-refractivity contribution in [2.75, 3.05) is 11.9 Å². The topological polar surface area (TPSA) is 110 Å². The van der Waals surface area contributed by atoms with Crippen LogP contribution in [0.1, 0.15) is 35.8 Å². The van der Waals surface area contributed by atoms with E-state index in [9.17, 15) is 19.5 Å². The van der Waals surface area contributed by atoms with Crippen molar-refractivity contribution in [3.63, 3.8) is 0 Å². The van der Waals surface area contributed by atoms with Gasteiger partial charge in [-0.15, -0.1) is 0 Å². The van der Waals surface area contributed by atoms with E-state index in [1.165, 1.54) is 34.2 Å². The summed E-state index contributed by atoms with van der Waals surface area (Å²) in [5.74, 6) is -1.55. The van der Waals surface area contributed by atoms with E-state index in [0.29, 0.717) is 26.3 Å². The molecule has 0 radical (unpaired) electrons. The lowest BCUT2D eigenvalue weighted by Gasteiger charge is -2.24. The Kier molecular flexibility index (Phi) is 6.23. The molecule has 1 aliphatic rings. The monoisotopic (exact) mass is 463 g/mol. The summed E-state index contributed by atoms with van der Waals surface area (Å²) >= 11 is 1.18. The minimum absolute atomic E-state index is 0.133. The van der Waals surface area contributed by atoms with Crippen LogP contribution in [0.15, 0.2) is 75.7 Å². The molecular formula is C24H21N3O5S. The van der Waals surface area contributed by atoms with E-state index in [2.05, 4.69) is 10.3 Å². The lowest BCUT2D eigenvalue weighted by molar-refractivity contribution is -0.139. The third kappa shape index (κ3) is 4.35.